The number of anilines is 3. The lowest BCUT2D eigenvalue weighted by Crippen LogP contribution is -2.30. The zero-order valence-electron chi connectivity index (χ0n) is 23.0. The molecule has 6 N–H and O–H groups in total. The Labute approximate surface area is 255 Å². The normalized spacial score (nSPS) is 15.6. The number of nitrogens with zero attached hydrogens (tertiary/aromatic N) is 3. The zero-order valence-corrected chi connectivity index (χ0v) is 26.2. The number of aromatic nitrogens is 3. The molecule has 0 radical (unpaired) electrons. The maximum atomic E-state index is 8.94. The molecule has 0 unspecified atom stereocenters. The summed E-state index contributed by atoms with van der Waals surface area (Å²) in [6, 6.07) is 11.1. The summed E-state index contributed by atoms with van der Waals surface area (Å²) in [6.07, 6.45) is 18.6. The van der Waals surface area contributed by atoms with Crippen LogP contribution >= 0.6 is 31.9 Å². The third-order valence-electron chi connectivity index (χ3n) is 7.16. The van der Waals surface area contributed by atoms with E-state index in [2.05, 4.69) is 57.4 Å². The molecule has 40 heavy (non-hydrogen) atoms. The fraction of sp³-hybridized carbons (Fsp3) is 0.483. The molecule has 2 aliphatic rings. The third-order valence-corrected chi connectivity index (χ3v) is 8.09. The van der Waals surface area contributed by atoms with E-state index < -0.39 is 7.12 Å². The molecule has 0 spiro atoms. The molecule has 216 valence electrons. The second-order valence-electron chi connectivity index (χ2n) is 10.4. The predicted octanol–water partition coefficient (Wildman–Crippen LogP) is 6.02. The van der Waals surface area contributed by atoms with Crippen molar-refractivity contribution in [2.75, 3.05) is 29.5 Å². The quantitative estimate of drug-likeness (QED) is 0.193. The lowest BCUT2D eigenvalue weighted by Gasteiger charge is -2.21. The first kappa shape index (κ1) is 32.3. The molecule has 0 aliphatic heterocycles. The molecular weight excluding hydrogens is 635 g/mol. The second-order valence-corrected chi connectivity index (χ2v) is 12.2. The van der Waals surface area contributed by atoms with Gasteiger partial charge in [0, 0.05) is 46.1 Å². The molecule has 3 aromatic heterocycles. The Hall–Kier alpha value is -2.21. The van der Waals surface area contributed by atoms with Crippen molar-refractivity contribution >= 4 is 61.9 Å². The molecule has 0 saturated heterocycles. The van der Waals surface area contributed by atoms with Gasteiger partial charge in [-0.2, -0.15) is 0 Å². The van der Waals surface area contributed by atoms with E-state index in [0.717, 1.165) is 45.5 Å². The average Bonchev–Trinajstić information content (AvgIpc) is 2.99. The summed E-state index contributed by atoms with van der Waals surface area (Å²) in [5.74, 6) is 3.95. The van der Waals surface area contributed by atoms with Gasteiger partial charge in [0.2, 0.25) is 0 Å². The summed E-state index contributed by atoms with van der Waals surface area (Å²) >= 11 is 6.61. The minimum absolute atomic E-state index is 0.424. The van der Waals surface area contributed by atoms with Gasteiger partial charge in [-0.05, 0) is 99.7 Å². The van der Waals surface area contributed by atoms with Crippen molar-refractivity contribution in [1.82, 2.24) is 15.0 Å². The van der Waals surface area contributed by atoms with Crippen LogP contribution in [0.2, 0.25) is 0 Å². The van der Waals surface area contributed by atoms with E-state index in [9.17, 15) is 0 Å². The molecule has 0 atom stereocenters. The lowest BCUT2D eigenvalue weighted by molar-refractivity contribution is 0.373. The predicted molar refractivity (Wildman–Crippen MR) is 172 cm³/mol. The van der Waals surface area contributed by atoms with Crippen LogP contribution in [0.3, 0.4) is 0 Å². The van der Waals surface area contributed by atoms with Crippen molar-refractivity contribution in [3.63, 3.8) is 0 Å². The van der Waals surface area contributed by atoms with E-state index in [-0.39, 0.29) is 0 Å². The largest absolute Gasteiger partial charge is 0.490 e. The molecule has 2 aliphatic carbocycles. The van der Waals surface area contributed by atoms with Crippen LogP contribution < -0.4 is 21.8 Å². The van der Waals surface area contributed by atoms with Crippen LogP contribution in [0.1, 0.15) is 64.2 Å². The van der Waals surface area contributed by atoms with Crippen molar-refractivity contribution in [2.24, 2.45) is 11.8 Å². The highest BCUT2D eigenvalue weighted by Crippen LogP contribution is 2.24. The number of nitrogen functional groups attached to an aromatic ring is 1. The van der Waals surface area contributed by atoms with Crippen LogP contribution in [0, 0.1) is 11.8 Å². The Morgan fingerprint density at radius 1 is 0.675 bits per heavy atom. The average molecular weight is 676 g/mol. The van der Waals surface area contributed by atoms with E-state index in [4.69, 9.17) is 15.8 Å². The summed E-state index contributed by atoms with van der Waals surface area (Å²) in [7, 11) is -1.44. The molecule has 0 aromatic carbocycles. The molecule has 3 aromatic rings. The van der Waals surface area contributed by atoms with Gasteiger partial charge in [-0.25, -0.2) is 15.0 Å². The molecule has 8 nitrogen and oxygen atoms in total. The number of halogens is 2. The Kier molecular flexibility index (Phi) is 14.8. The number of hydrogen-bond donors (Lipinski definition) is 5. The van der Waals surface area contributed by atoms with Crippen LogP contribution in [0.5, 0.6) is 0 Å². The van der Waals surface area contributed by atoms with Gasteiger partial charge in [0.1, 0.15) is 17.5 Å². The maximum absolute atomic E-state index is 8.94. The number of hydrogen-bond acceptors (Lipinski definition) is 8. The van der Waals surface area contributed by atoms with Crippen LogP contribution in [-0.4, -0.2) is 45.2 Å². The monoisotopic (exact) mass is 674 g/mol. The maximum Gasteiger partial charge on any atom is 0.490 e. The SMILES string of the molecule is Brc1ccc(NCC2CCCCC2)nc1.Nc1ccc(Br)cn1.OB(O)c1ccc(NCC2CCCCC2)nc1. The number of nitrogens with two attached hydrogens (primary N) is 1. The van der Waals surface area contributed by atoms with Crippen molar-refractivity contribution < 1.29 is 10.0 Å². The molecule has 3 heterocycles. The van der Waals surface area contributed by atoms with E-state index in [1.54, 1.807) is 24.4 Å². The highest BCUT2D eigenvalue weighted by Gasteiger charge is 2.14. The van der Waals surface area contributed by atoms with Gasteiger partial charge >= 0.3 is 7.12 Å². The Morgan fingerprint density at radius 3 is 1.52 bits per heavy atom. The van der Waals surface area contributed by atoms with E-state index >= 15 is 0 Å². The van der Waals surface area contributed by atoms with Gasteiger partial charge in [-0.1, -0.05) is 44.6 Å². The van der Waals surface area contributed by atoms with E-state index in [0.29, 0.717) is 11.3 Å². The van der Waals surface area contributed by atoms with E-state index in [1.807, 2.05) is 24.4 Å². The highest BCUT2D eigenvalue weighted by molar-refractivity contribution is 9.10. The van der Waals surface area contributed by atoms with E-state index in [1.165, 1.54) is 70.4 Å². The van der Waals surface area contributed by atoms with Crippen molar-refractivity contribution in [3.8, 4) is 0 Å². The summed E-state index contributed by atoms with van der Waals surface area (Å²) in [5.41, 5.74) is 5.72. The number of nitrogens with one attached hydrogen (secondary N) is 2. The van der Waals surface area contributed by atoms with Gasteiger partial charge in [0.15, 0.2) is 0 Å². The highest BCUT2D eigenvalue weighted by atomic mass is 79.9. The molecule has 11 heteroatoms. The first-order chi connectivity index (χ1) is 19.4. The standard InChI is InChI=1S/C12H19BN2O2.C12H17BrN2.C5H5BrN2/c16-13(17)11-6-7-12(15-9-11)14-8-10-4-2-1-3-5-10;13-11-6-7-12(15-9-11)14-8-10-4-2-1-3-5-10;6-4-1-2-5(7)8-3-4/h6-7,9-10,16-17H,1-5,8H2,(H,14,15);6-7,9-10H,1-5,8H2,(H,14,15);1-3H,(H2,7,8). The molecule has 0 amide bonds. The smallest absolute Gasteiger partial charge is 0.423 e. The van der Waals surface area contributed by atoms with Gasteiger partial charge < -0.3 is 26.4 Å². The number of pyridine rings is 3. The summed E-state index contributed by atoms with van der Waals surface area (Å²) in [4.78, 5) is 12.3. The molecule has 5 rings (SSSR count). The minimum Gasteiger partial charge on any atom is -0.423 e. The van der Waals surface area contributed by atoms with Crippen molar-refractivity contribution in [2.45, 2.75) is 64.2 Å². The van der Waals surface area contributed by atoms with Crippen molar-refractivity contribution in [1.29, 1.82) is 0 Å². The topological polar surface area (TPSA) is 129 Å². The van der Waals surface area contributed by atoms with Crippen LogP contribution in [-0.2, 0) is 0 Å². The fourth-order valence-electron chi connectivity index (χ4n) is 4.81. The fourth-order valence-corrected chi connectivity index (χ4v) is 5.28. The molecule has 0 bridgehead atoms. The van der Waals surface area contributed by atoms with Crippen LogP contribution in [0.4, 0.5) is 17.5 Å². The second kappa shape index (κ2) is 18.3. The molecular formula is C29H41BBr2N6O2. The van der Waals surface area contributed by atoms with Gasteiger partial charge in [-0.15, -0.1) is 0 Å². The van der Waals surface area contributed by atoms with Crippen LogP contribution in [0.25, 0.3) is 0 Å². The van der Waals surface area contributed by atoms with Gasteiger partial charge in [0.05, 0.1) is 0 Å². The lowest BCUT2D eigenvalue weighted by atomic mass is 9.82. The summed E-state index contributed by atoms with van der Waals surface area (Å²) in [6.45, 7) is 2.04. The minimum atomic E-state index is -1.44. The van der Waals surface area contributed by atoms with Crippen molar-refractivity contribution in [3.05, 3.63) is 63.9 Å². The van der Waals surface area contributed by atoms with Gasteiger partial charge in [-0.3, -0.25) is 0 Å². The first-order valence-electron chi connectivity index (χ1n) is 14.2. The third kappa shape index (κ3) is 13.0. The molecule has 2 saturated carbocycles. The molecule has 2 fully saturated rings. The zero-order chi connectivity index (χ0) is 28.6. The number of rotatable bonds is 7. The Bertz CT molecular complexity index is 1060. The van der Waals surface area contributed by atoms with Crippen LogP contribution in [0.15, 0.2) is 63.9 Å². The van der Waals surface area contributed by atoms with Gasteiger partial charge in [0.25, 0.3) is 0 Å². The Morgan fingerprint density at radius 2 is 1.15 bits per heavy atom. The summed E-state index contributed by atoms with van der Waals surface area (Å²) in [5, 5.41) is 24.6. The Balaban J connectivity index is 0.000000176. The summed E-state index contributed by atoms with van der Waals surface area (Å²) < 4.78 is 1.98. The first-order valence-corrected chi connectivity index (χ1v) is 15.8.